The van der Waals surface area contributed by atoms with Crippen molar-refractivity contribution < 1.29 is 0 Å². The first-order valence-corrected chi connectivity index (χ1v) is 10.7. The Morgan fingerprint density at radius 2 is 1.10 bits per heavy atom. The van der Waals surface area contributed by atoms with Crippen LogP contribution in [0.1, 0.15) is 0 Å². The van der Waals surface area contributed by atoms with E-state index in [-0.39, 0.29) is 0 Å². The van der Waals surface area contributed by atoms with Crippen LogP contribution in [-0.2, 0) is 0 Å². The van der Waals surface area contributed by atoms with Gasteiger partial charge in [-0.25, -0.2) is 0 Å². The molecule has 0 unspecified atom stereocenters. The van der Waals surface area contributed by atoms with Gasteiger partial charge in [-0.15, -0.1) is 0 Å². The molecule has 0 aliphatic rings. The molecule has 0 aromatic rings. The third kappa shape index (κ3) is 4.92. The summed E-state index contributed by atoms with van der Waals surface area (Å²) >= 11 is -1.23. The Hall–Kier alpha value is 0.0901. The van der Waals surface area contributed by atoms with Crippen molar-refractivity contribution in [1.29, 1.82) is 0 Å². The minimum atomic E-state index is -1.23. The second-order valence-corrected chi connectivity index (χ2v) is 11.4. The molecule has 0 spiro atoms. The van der Waals surface area contributed by atoms with E-state index in [4.69, 9.17) is 0 Å². The SMILES string of the molecule is C=C[CH2][In]([CH2]C=C)[CH2]C=C. The van der Waals surface area contributed by atoms with E-state index in [9.17, 15) is 0 Å². The van der Waals surface area contributed by atoms with Crippen molar-refractivity contribution in [1.82, 2.24) is 0 Å². The maximum absolute atomic E-state index is 3.75. The molecule has 0 saturated heterocycles. The summed E-state index contributed by atoms with van der Waals surface area (Å²) in [4.78, 5) is 0. The Morgan fingerprint density at radius 3 is 1.30 bits per heavy atom. The second kappa shape index (κ2) is 7.20. The van der Waals surface area contributed by atoms with Gasteiger partial charge in [-0.1, -0.05) is 0 Å². The normalized spacial score (nSPS) is 8.40. The van der Waals surface area contributed by atoms with Crippen LogP contribution in [0, 0.1) is 0 Å². The molecule has 1 heteroatoms. The zero-order valence-electron chi connectivity index (χ0n) is 6.55. The van der Waals surface area contributed by atoms with Gasteiger partial charge < -0.3 is 0 Å². The first kappa shape index (κ1) is 10.1. The molecule has 0 atom stereocenters. The predicted octanol–water partition coefficient (Wildman–Crippen LogP) is 3.04. The standard InChI is InChI=1S/3C3H5.In/c3*1-3-2;/h3*3H,1-2H2;. The number of rotatable bonds is 6. The summed E-state index contributed by atoms with van der Waals surface area (Å²) in [6, 6.07) is 0. The fourth-order valence-electron chi connectivity index (χ4n) is 0.996. The Labute approximate surface area is 71.9 Å². The van der Waals surface area contributed by atoms with E-state index in [0.29, 0.717) is 0 Å². The van der Waals surface area contributed by atoms with Crippen LogP contribution in [0.25, 0.3) is 0 Å². The van der Waals surface area contributed by atoms with E-state index in [0.717, 1.165) is 0 Å². The quantitative estimate of drug-likeness (QED) is 0.624. The van der Waals surface area contributed by atoms with Crippen molar-refractivity contribution in [3.05, 3.63) is 38.0 Å². The van der Waals surface area contributed by atoms with E-state index < -0.39 is 21.4 Å². The van der Waals surface area contributed by atoms with Crippen LogP contribution in [0.2, 0.25) is 12.5 Å². The van der Waals surface area contributed by atoms with Crippen LogP contribution >= 0.6 is 0 Å². The first-order valence-electron chi connectivity index (χ1n) is 3.67. The van der Waals surface area contributed by atoms with Gasteiger partial charge in [0, 0.05) is 0 Å². The van der Waals surface area contributed by atoms with Gasteiger partial charge in [0.1, 0.15) is 0 Å². The van der Waals surface area contributed by atoms with Crippen LogP contribution in [0.4, 0.5) is 0 Å². The topological polar surface area (TPSA) is 0 Å². The van der Waals surface area contributed by atoms with Gasteiger partial charge in [-0.3, -0.25) is 0 Å². The number of allylic oxidation sites excluding steroid dienone is 3. The maximum atomic E-state index is 3.75. The van der Waals surface area contributed by atoms with Crippen molar-refractivity contribution in [3.63, 3.8) is 0 Å². The van der Waals surface area contributed by atoms with Gasteiger partial charge in [-0.2, -0.15) is 0 Å². The summed E-state index contributed by atoms with van der Waals surface area (Å²) in [5.41, 5.74) is 0. The summed E-state index contributed by atoms with van der Waals surface area (Å²) < 4.78 is 3.83. The molecule has 0 radical (unpaired) electrons. The van der Waals surface area contributed by atoms with Crippen LogP contribution in [0.5, 0.6) is 0 Å². The molecule has 0 aliphatic carbocycles. The minimum absolute atomic E-state index is 1.23. The van der Waals surface area contributed by atoms with Crippen molar-refractivity contribution >= 4 is 21.4 Å². The van der Waals surface area contributed by atoms with Crippen molar-refractivity contribution in [2.75, 3.05) is 0 Å². The molecule has 0 amide bonds. The second-order valence-electron chi connectivity index (χ2n) is 2.44. The molecule has 0 bridgehead atoms. The van der Waals surface area contributed by atoms with Crippen LogP contribution in [0.3, 0.4) is 0 Å². The molecular formula is C9H15In. The zero-order chi connectivity index (χ0) is 7.82. The molecule has 0 N–H and O–H groups in total. The van der Waals surface area contributed by atoms with Crippen molar-refractivity contribution in [2.45, 2.75) is 12.5 Å². The van der Waals surface area contributed by atoms with E-state index in [1.165, 1.54) is 12.5 Å². The molecule has 0 rings (SSSR count). The molecular weight excluding hydrogens is 223 g/mol. The Balaban J connectivity index is 3.58. The Morgan fingerprint density at radius 1 is 0.800 bits per heavy atom. The van der Waals surface area contributed by atoms with Gasteiger partial charge in [0.2, 0.25) is 0 Å². The molecule has 54 valence electrons. The molecule has 0 heterocycles. The molecule has 0 fully saturated rings. The van der Waals surface area contributed by atoms with Crippen LogP contribution in [0.15, 0.2) is 38.0 Å². The fourth-order valence-corrected chi connectivity index (χ4v) is 6.68. The molecule has 10 heavy (non-hydrogen) atoms. The van der Waals surface area contributed by atoms with E-state index in [1.54, 1.807) is 0 Å². The van der Waals surface area contributed by atoms with Gasteiger partial charge in [-0.05, 0) is 0 Å². The molecule has 0 nitrogen and oxygen atoms in total. The number of hydrogen-bond donors (Lipinski definition) is 0. The fraction of sp³-hybridized carbons (Fsp3) is 0.333. The van der Waals surface area contributed by atoms with E-state index in [1.807, 2.05) is 18.2 Å². The third-order valence-corrected chi connectivity index (χ3v) is 10.1. The van der Waals surface area contributed by atoms with Gasteiger partial charge >= 0.3 is 71.9 Å². The summed E-state index contributed by atoms with van der Waals surface area (Å²) in [5.74, 6) is 0. The molecule has 0 aromatic heterocycles. The first-order chi connectivity index (χ1) is 4.85. The molecule has 0 aromatic carbocycles. The van der Waals surface area contributed by atoms with Gasteiger partial charge in [0.05, 0.1) is 0 Å². The van der Waals surface area contributed by atoms with Crippen molar-refractivity contribution in [3.8, 4) is 0 Å². The third-order valence-electron chi connectivity index (χ3n) is 1.50. The molecule has 0 saturated carbocycles. The van der Waals surface area contributed by atoms with Gasteiger partial charge in [0.15, 0.2) is 0 Å². The molecule has 0 aliphatic heterocycles. The van der Waals surface area contributed by atoms with Crippen LogP contribution in [-0.4, -0.2) is 21.4 Å². The number of hydrogen-bond acceptors (Lipinski definition) is 0. The van der Waals surface area contributed by atoms with Gasteiger partial charge in [0.25, 0.3) is 0 Å². The average molecular weight is 238 g/mol. The van der Waals surface area contributed by atoms with Crippen LogP contribution < -0.4 is 0 Å². The Bertz CT molecular complexity index is 92.1. The summed E-state index contributed by atoms with van der Waals surface area (Å²) in [6.45, 7) is 11.2. The Kier molecular flexibility index (Phi) is 7.27. The summed E-state index contributed by atoms with van der Waals surface area (Å²) in [7, 11) is 0. The predicted molar refractivity (Wildman–Crippen MR) is 50.8 cm³/mol. The summed E-state index contributed by atoms with van der Waals surface area (Å²) in [5, 5.41) is 0. The van der Waals surface area contributed by atoms with Crippen molar-refractivity contribution in [2.24, 2.45) is 0 Å². The monoisotopic (exact) mass is 238 g/mol. The zero-order valence-corrected chi connectivity index (χ0v) is 9.85. The summed E-state index contributed by atoms with van der Waals surface area (Å²) in [6.07, 6.45) is 6.15. The van der Waals surface area contributed by atoms with E-state index in [2.05, 4.69) is 19.7 Å². The average Bonchev–Trinajstić information content (AvgIpc) is 1.90. The van der Waals surface area contributed by atoms with E-state index >= 15 is 0 Å².